The van der Waals surface area contributed by atoms with Crippen LogP contribution in [-0.2, 0) is 9.47 Å². The number of rotatable bonds is 10. The highest BCUT2D eigenvalue weighted by Crippen LogP contribution is 1.89. The number of ether oxygens (including phenoxy) is 2. The van der Waals surface area contributed by atoms with E-state index < -0.39 is 0 Å². The van der Waals surface area contributed by atoms with E-state index in [9.17, 15) is 0 Å². The van der Waals surface area contributed by atoms with Crippen LogP contribution in [0.4, 0.5) is 0 Å². The Balaban J connectivity index is 2.76. The summed E-state index contributed by atoms with van der Waals surface area (Å²) in [5, 5.41) is 3.30. The molecule has 0 spiro atoms. The minimum atomic E-state index is 0.798. The van der Waals surface area contributed by atoms with Gasteiger partial charge in [0.1, 0.15) is 0 Å². The second kappa shape index (κ2) is 11.9. The van der Waals surface area contributed by atoms with Crippen LogP contribution < -0.4 is 5.32 Å². The molecular weight excluding hydrogens is 166 g/mol. The smallest absolute Gasteiger partial charge is 0.0587 e. The van der Waals surface area contributed by atoms with Gasteiger partial charge in [-0.25, -0.2) is 0 Å². The Hall–Kier alpha value is -0.120. The molecule has 0 aliphatic heterocycles. The zero-order valence-electron chi connectivity index (χ0n) is 8.97. The second-order valence-electron chi connectivity index (χ2n) is 3.06. The molecule has 0 amide bonds. The second-order valence-corrected chi connectivity index (χ2v) is 3.06. The first-order valence-corrected chi connectivity index (χ1v) is 5.19. The van der Waals surface area contributed by atoms with Gasteiger partial charge in [-0.05, 0) is 25.8 Å². The van der Waals surface area contributed by atoms with E-state index in [-0.39, 0.29) is 0 Å². The average molecular weight is 189 g/mol. The highest BCUT2D eigenvalue weighted by Gasteiger charge is 1.89. The van der Waals surface area contributed by atoms with Crippen LogP contribution >= 0.6 is 0 Å². The molecule has 0 radical (unpaired) electrons. The van der Waals surface area contributed by atoms with Crippen molar-refractivity contribution in [3.05, 3.63) is 0 Å². The average Bonchev–Trinajstić information content (AvgIpc) is 2.16. The van der Waals surface area contributed by atoms with Crippen molar-refractivity contribution in [1.82, 2.24) is 5.32 Å². The SMILES string of the molecule is CCCOCCCCNCCOC. The first kappa shape index (κ1) is 12.9. The minimum absolute atomic E-state index is 0.798. The van der Waals surface area contributed by atoms with E-state index in [4.69, 9.17) is 9.47 Å². The Morgan fingerprint density at radius 1 is 1.00 bits per heavy atom. The number of hydrogen-bond donors (Lipinski definition) is 1. The molecule has 0 rings (SSSR count). The van der Waals surface area contributed by atoms with Gasteiger partial charge in [0.15, 0.2) is 0 Å². The molecular formula is C10H23NO2. The van der Waals surface area contributed by atoms with Crippen LogP contribution in [0.2, 0.25) is 0 Å². The summed E-state index contributed by atoms with van der Waals surface area (Å²) in [5.74, 6) is 0. The van der Waals surface area contributed by atoms with E-state index in [0.29, 0.717) is 0 Å². The first-order chi connectivity index (χ1) is 6.41. The predicted molar refractivity (Wildman–Crippen MR) is 55.1 cm³/mol. The zero-order valence-corrected chi connectivity index (χ0v) is 8.97. The van der Waals surface area contributed by atoms with Gasteiger partial charge in [-0.1, -0.05) is 6.92 Å². The molecule has 0 aliphatic carbocycles. The van der Waals surface area contributed by atoms with Crippen molar-refractivity contribution in [3.63, 3.8) is 0 Å². The van der Waals surface area contributed by atoms with Gasteiger partial charge in [0, 0.05) is 26.9 Å². The molecule has 0 atom stereocenters. The lowest BCUT2D eigenvalue weighted by Gasteiger charge is -2.04. The van der Waals surface area contributed by atoms with Crippen LogP contribution in [0.3, 0.4) is 0 Å². The van der Waals surface area contributed by atoms with Crippen molar-refractivity contribution in [1.29, 1.82) is 0 Å². The molecule has 3 heteroatoms. The molecule has 0 bridgehead atoms. The van der Waals surface area contributed by atoms with Crippen LogP contribution in [0.25, 0.3) is 0 Å². The molecule has 80 valence electrons. The number of unbranched alkanes of at least 4 members (excludes halogenated alkanes) is 1. The fourth-order valence-corrected chi connectivity index (χ4v) is 1.000. The molecule has 0 aliphatic rings. The molecule has 3 nitrogen and oxygen atoms in total. The van der Waals surface area contributed by atoms with Gasteiger partial charge in [0.05, 0.1) is 6.61 Å². The van der Waals surface area contributed by atoms with E-state index >= 15 is 0 Å². The molecule has 0 unspecified atom stereocenters. The van der Waals surface area contributed by atoms with E-state index in [1.54, 1.807) is 7.11 Å². The number of nitrogens with one attached hydrogen (secondary N) is 1. The van der Waals surface area contributed by atoms with E-state index in [1.165, 1.54) is 6.42 Å². The number of hydrogen-bond acceptors (Lipinski definition) is 3. The zero-order chi connectivity index (χ0) is 9.78. The maximum atomic E-state index is 5.36. The van der Waals surface area contributed by atoms with E-state index in [1.807, 2.05) is 0 Å². The van der Waals surface area contributed by atoms with Gasteiger partial charge < -0.3 is 14.8 Å². The Kier molecular flexibility index (Phi) is 11.8. The lowest BCUT2D eigenvalue weighted by atomic mass is 10.3. The van der Waals surface area contributed by atoms with Crippen molar-refractivity contribution in [2.24, 2.45) is 0 Å². The standard InChI is InChI=1S/C10H23NO2/c1-3-8-13-9-5-4-6-11-7-10-12-2/h11H,3-10H2,1-2H3. The summed E-state index contributed by atoms with van der Waals surface area (Å²) in [7, 11) is 1.72. The van der Waals surface area contributed by atoms with Gasteiger partial charge in [0.2, 0.25) is 0 Å². The van der Waals surface area contributed by atoms with Gasteiger partial charge in [0.25, 0.3) is 0 Å². The summed E-state index contributed by atoms with van der Waals surface area (Å²) in [6.07, 6.45) is 3.46. The molecule has 0 saturated heterocycles. The maximum Gasteiger partial charge on any atom is 0.0587 e. The van der Waals surface area contributed by atoms with Crippen molar-refractivity contribution < 1.29 is 9.47 Å². The Morgan fingerprint density at radius 2 is 1.85 bits per heavy atom. The van der Waals surface area contributed by atoms with Gasteiger partial charge in [-0.15, -0.1) is 0 Å². The Bertz CT molecular complexity index is 79.0. The van der Waals surface area contributed by atoms with Gasteiger partial charge in [-0.3, -0.25) is 0 Å². The highest BCUT2D eigenvalue weighted by atomic mass is 16.5. The number of methoxy groups -OCH3 is 1. The Morgan fingerprint density at radius 3 is 2.54 bits per heavy atom. The fraction of sp³-hybridized carbons (Fsp3) is 1.00. The quantitative estimate of drug-likeness (QED) is 0.527. The summed E-state index contributed by atoms with van der Waals surface area (Å²) in [4.78, 5) is 0. The molecule has 0 saturated carbocycles. The lowest BCUT2D eigenvalue weighted by molar-refractivity contribution is 0.130. The molecule has 0 fully saturated rings. The van der Waals surface area contributed by atoms with Gasteiger partial charge in [-0.2, -0.15) is 0 Å². The third-order valence-electron chi connectivity index (χ3n) is 1.72. The summed E-state index contributed by atoms with van der Waals surface area (Å²) in [6.45, 7) is 6.75. The van der Waals surface area contributed by atoms with Crippen LogP contribution in [-0.4, -0.2) is 40.0 Å². The minimum Gasteiger partial charge on any atom is -0.383 e. The van der Waals surface area contributed by atoms with Crippen LogP contribution in [0.1, 0.15) is 26.2 Å². The molecule has 0 aromatic carbocycles. The van der Waals surface area contributed by atoms with Crippen molar-refractivity contribution in [3.8, 4) is 0 Å². The summed E-state index contributed by atoms with van der Waals surface area (Å²) in [5.41, 5.74) is 0. The molecule has 13 heavy (non-hydrogen) atoms. The van der Waals surface area contributed by atoms with Crippen molar-refractivity contribution in [2.75, 3.05) is 40.0 Å². The lowest BCUT2D eigenvalue weighted by Crippen LogP contribution is -2.20. The predicted octanol–water partition coefficient (Wildman–Crippen LogP) is 1.43. The van der Waals surface area contributed by atoms with E-state index in [2.05, 4.69) is 12.2 Å². The molecule has 0 heterocycles. The monoisotopic (exact) mass is 189 g/mol. The summed E-state index contributed by atoms with van der Waals surface area (Å²) in [6, 6.07) is 0. The Labute approximate surface area is 81.8 Å². The van der Waals surface area contributed by atoms with Gasteiger partial charge >= 0.3 is 0 Å². The third-order valence-corrected chi connectivity index (χ3v) is 1.72. The third kappa shape index (κ3) is 11.9. The topological polar surface area (TPSA) is 30.5 Å². The summed E-state index contributed by atoms with van der Waals surface area (Å²) < 4.78 is 10.3. The van der Waals surface area contributed by atoms with Crippen LogP contribution in [0, 0.1) is 0 Å². The van der Waals surface area contributed by atoms with Crippen LogP contribution in [0.5, 0.6) is 0 Å². The van der Waals surface area contributed by atoms with Crippen molar-refractivity contribution in [2.45, 2.75) is 26.2 Å². The summed E-state index contributed by atoms with van der Waals surface area (Å²) >= 11 is 0. The van der Waals surface area contributed by atoms with Crippen molar-refractivity contribution >= 4 is 0 Å². The van der Waals surface area contributed by atoms with Crippen LogP contribution in [0.15, 0.2) is 0 Å². The molecule has 1 N–H and O–H groups in total. The maximum absolute atomic E-state index is 5.36. The van der Waals surface area contributed by atoms with E-state index in [0.717, 1.165) is 45.8 Å². The highest BCUT2D eigenvalue weighted by molar-refractivity contribution is 4.46. The normalized spacial score (nSPS) is 10.6. The first-order valence-electron chi connectivity index (χ1n) is 5.19. The largest absolute Gasteiger partial charge is 0.383 e. The fourth-order valence-electron chi connectivity index (χ4n) is 1.000. The molecule has 0 aromatic rings. The molecule has 0 aromatic heterocycles.